The van der Waals surface area contributed by atoms with E-state index in [0.29, 0.717) is 12.8 Å². The highest BCUT2D eigenvalue weighted by Crippen LogP contribution is 2.11. The largest absolute Gasteiger partial charge is 0.508 e. The molecule has 0 aromatic heterocycles. The number of aliphatic carboxylic acids is 1. The van der Waals surface area contributed by atoms with Crippen molar-refractivity contribution >= 4 is 11.9 Å². The normalized spacial score (nSPS) is 13.5. The molecule has 0 bridgehead atoms. The second kappa shape index (κ2) is 7.49. The van der Waals surface area contributed by atoms with Gasteiger partial charge in [0.1, 0.15) is 5.75 Å². The first-order valence-electron chi connectivity index (χ1n) is 6.44. The molecule has 5 N–H and O–H groups in total. The van der Waals surface area contributed by atoms with E-state index < -0.39 is 12.0 Å². The van der Waals surface area contributed by atoms with Crippen LogP contribution in [0.1, 0.15) is 25.3 Å². The molecule has 6 heteroatoms. The zero-order valence-corrected chi connectivity index (χ0v) is 11.4. The number of carboxylic acid groups (broad SMARTS) is 1. The van der Waals surface area contributed by atoms with Crippen LogP contribution >= 0.6 is 0 Å². The van der Waals surface area contributed by atoms with E-state index in [1.807, 2.05) is 0 Å². The maximum Gasteiger partial charge on any atom is 0.303 e. The minimum atomic E-state index is -0.889. The van der Waals surface area contributed by atoms with E-state index >= 15 is 0 Å². The highest BCUT2D eigenvalue weighted by molar-refractivity contribution is 5.82. The second-order valence-electron chi connectivity index (χ2n) is 4.82. The molecular formula is C14H20N2O4. The van der Waals surface area contributed by atoms with Crippen LogP contribution in [0.25, 0.3) is 0 Å². The molecule has 2 atom stereocenters. The number of phenols is 1. The minimum Gasteiger partial charge on any atom is -0.508 e. The molecule has 0 saturated carbocycles. The van der Waals surface area contributed by atoms with Crippen LogP contribution in [0, 0.1) is 0 Å². The molecule has 0 heterocycles. The van der Waals surface area contributed by atoms with Crippen LogP contribution in [0.3, 0.4) is 0 Å². The van der Waals surface area contributed by atoms with Gasteiger partial charge in [0.15, 0.2) is 0 Å². The van der Waals surface area contributed by atoms with Crippen LogP contribution in [-0.4, -0.2) is 34.2 Å². The quantitative estimate of drug-likeness (QED) is 0.585. The Labute approximate surface area is 117 Å². The molecule has 0 aliphatic heterocycles. The van der Waals surface area contributed by atoms with Crippen LogP contribution in [0.4, 0.5) is 0 Å². The number of hydrogen-bond acceptors (Lipinski definition) is 4. The van der Waals surface area contributed by atoms with Gasteiger partial charge in [-0.3, -0.25) is 9.59 Å². The fourth-order valence-electron chi connectivity index (χ4n) is 1.74. The summed E-state index contributed by atoms with van der Waals surface area (Å²) in [4.78, 5) is 22.3. The molecule has 0 fully saturated rings. The van der Waals surface area contributed by atoms with Gasteiger partial charge in [0.25, 0.3) is 0 Å². The molecule has 1 unspecified atom stereocenters. The molecule has 110 valence electrons. The van der Waals surface area contributed by atoms with Gasteiger partial charge in [-0.05, 0) is 37.5 Å². The van der Waals surface area contributed by atoms with Gasteiger partial charge >= 0.3 is 5.97 Å². The van der Waals surface area contributed by atoms with Gasteiger partial charge in [-0.15, -0.1) is 0 Å². The molecule has 1 aromatic rings. The van der Waals surface area contributed by atoms with E-state index in [-0.39, 0.29) is 24.1 Å². The van der Waals surface area contributed by atoms with E-state index in [1.165, 1.54) is 12.1 Å². The number of benzene rings is 1. The van der Waals surface area contributed by atoms with E-state index in [2.05, 4.69) is 5.32 Å². The first-order chi connectivity index (χ1) is 9.38. The third kappa shape index (κ3) is 5.71. The number of carbonyl (C=O) groups is 2. The van der Waals surface area contributed by atoms with E-state index in [0.717, 1.165) is 5.56 Å². The first-order valence-corrected chi connectivity index (χ1v) is 6.44. The predicted octanol–water partition coefficient (Wildman–Crippen LogP) is 0.632. The number of carboxylic acids is 1. The second-order valence-corrected chi connectivity index (χ2v) is 4.82. The monoisotopic (exact) mass is 280 g/mol. The maximum absolute atomic E-state index is 11.8. The lowest BCUT2D eigenvalue weighted by Gasteiger charge is -2.17. The Bertz CT molecular complexity index is 459. The Balaban J connectivity index is 2.42. The van der Waals surface area contributed by atoms with Gasteiger partial charge in [0, 0.05) is 12.5 Å². The molecule has 0 saturated heterocycles. The fraction of sp³-hybridized carbons (Fsp3) is 0.429. The van der Waals surface area contributed by atoms with Gasteiger partial charge in [0.05, 0.1) is 6.04 Å². The summed E-state index contributed by atoms with van der Waals surface area (Å²) in [6.07, 6.45) is 0.736. The Morgan fingerprint density at radius 3 is 2.45 bits per heavy atom. The molecule has 0 aliphatic rings. The summed E-state index contributed by atoms with van der Waals surface area (Å²) in [5.41, 5.74) is 6.65. The number of phenolic OH excluding ortho intramolecular Hbond substituents is 1. The van der Waals surface area contributed by atoms with Gasteiger partial charge in [-0.1, -0.05) is 12.1 Å². The zero-order valence-electron chi connectivity index (χ0n) is 11.4. The van der Waals surface area contributed by atoms with Crippen LogP contribution in [0.5, 0.6) is 5.75 Å². The van der Waals surface area contributed by atoms with Gasteiger partial charge in [-0.2, -0.15) is 0 Å². The standard InChI is InChI=1S/C14H20N2O4/c1-9(2-7-13(18)19)16-14(20)12(15)8-10-3-5-11(17)6-4-10/h3-6,9,12,17H,2,7-8,15H2,1H3,(H,16,20)(H,18,19)/t9?,12-/m0/s1. The van der Waals surface area contributed by atoms with Crippen LogP contribution < -0.4 is 11.1 Å². The Morgan fingerprint density at radius 1 is 1.30 bits per heavy atom. The summed E-state index contributed by atoms with van der Waals surface area (Å²) in [5.74, 6) is -1.04. The van der Waals surface area contributed by atoms with Crippen molar-refractivity contribution in [3.8, 4) is 5.75 Å². The Morgan fingerprint density at radius 2 is 1.90 bits per heavy atom. The molecule has 1 amide bonds. The highest BCUT2D eigenvalue weighted by atomic mass is 16.4. The topological polar surface area (TPSA) is 113 Å². The maximum atomic E-state index is 11.8. The van der Waals surface area contributed by atoms with Crippen molar-refractivity contribution in [2.45, 2.75) is 38.3 Å². The van der Waals surface area contributed by atoms with Crippen molar-refractivity contribution in [1.82, 2.24) is 5.32 Å². The van der Waals surface area contributed by atoms with E-state index in [1.54, 1.807) is 19.1 Å². The van der Waals surface area contributed by atoms with Crippen molar-refractivity contribution < 1.29 is 19.8 Å². The van der Waals surface area contributed by atoms with Crippen LogP contribution in [0.15, 0.2) is 24.3 Å². The summed E-state index contributed by atoms with van der Waals surface area (Å²) >= 11 is 0. The molecule has 0 radical (unpaired) electrons. The third-order valence-corrected chi connectivity index (χ3v) is 2.91. The fourth-order valence-corrected chi connectivity index (χ4v) is 1.74. The Hall–Kier alpha value is -2.08. The summed E-state index contributed by atoms with van der Waals surface area (Å²) in [7, 11) is 0. The number of amides is 1. The summed E-state index contributed by atoms with van der Waals surface area (Å²) < 4.78 is 0. The van der Waals surface area contributed by atoms with Crippen molar-refractivity contribution in [1.29, 1.82) is 0 Å². The first kappa shape index (κ1) is 16.0. The third-order valence-electron chi connectivity index (χ3n) is 2.91. The molecular weight excluding hydrogens is 260 g/mol. The average Bonchev–Trinajstić information content (AvgIpc) is 2.39. The van der Waals surface area contributed by atoms with Gasteiger partial charge < -0.3 is 21.3 Å². The summed E-state index contributed by atoms with van der Waals surface area (Å²) in [6.45, 7) is 1.74. The van der Waals surface area contributed by atoms with Crippen LogP contribution in [-0.2, 0) is 16.0 Å². The van der Waals surface area contributed by atoms with Crippen LogP contribution in [0.2, 0.25) is 0 Å². The molecule has 6 nitrogen and oxygen atoms in total. The Kier molecular flexibility index (Phi) is 5.99. The number of carbonyl (C=O) groups excluding carboxylic acids is 1. The number of nitrogens with two attached hydrogens (primary N) is 1. The van der Waals surface area contributed by atoms with E-state index in [4.69, 9.17) is 15.9 Å². The highest BCUT2D eigenvalue weighted by Gasteiger charge is 2.16. The number of nitrogens with one attached hydrogen (secondary N) is 1. The van der Waals surface area contributed by atoms with E-state index in [9.17, 15) is 9.59 Å². The van der Waals surface area contributed by atoms with Gasteiger partial charge in [-0.25, -0.2) is 0 Å². The van der Waals surface area contributed by atoms with Gasteiger partial charge in [0.2, 0.25) is 5.91 Å². The smallest absolute Gasteiger partial charge is 0.303 e. The number of hydrogen-bond donors (Lipinski definition) is 4. The number of aromatic hydroxyl groups is 1. The molecule has 1 rings (SSSR count). The lowest BCUT2D eigenvalue weighted by molar-refractivity contribution is -0.137. The van der Waals surface area contributed by atoms with Crippen molar-refractivity contribution in [2.24, 2.45) is 5.73 Å². The lowest BCUT2D eigenvalue weighted by atomic mass is 10.1. The molecule has 20 heavy (non-hydrogen) atoms. The summed E-state index contributed by atoms with van der Waals surface area (Å²) in [5, 5.41) is 20.4. The average molecular weight is 280 g/mol. The zero-order chi connectivity index (χ0) is 15.1. The summed E-state index contributed by atoms with van der Waals surface area (Å²) in [6, 6.07) is 5.55. The molecule has 0 spiro atoms. The van der Waals surface area contributed by atoms with Crippen molar-refractivity contribution in [2.75, 3.05) is 0 Å². The van der Waals surface area contributed by atoms with Crippen molar-refractivity contribution in [3.05, 3.63) is 29.8 Å². The number of rotatable bonds is 7. The predicted molar refractivity (Wildman–Crippen MR) is 74.3 cm³/mol. The molecule has 0 aliphatic carbocycles. The minimum absolute atomic E-state index is 0.00858. The lowest BCUT2D eigenvalue weighted by Crippen LogP contribution is -2.45. The van der Waals surface area contributed by atoms with Crippen molar-refractivity contribution in [3.63, 3.8) is 0 Å². The molecule has 1 aromatic carbocycles. The SMILES string of the molecule is CC(CCC(=O)O)NC(=O)[C@@H](N)Cc1ccc(O)cc1.